The maximum atomic E-state index is 12.3. The molecule has 4 nitrogen and oxygen atoms in total. The van der Waals surface area contributed by atoms with Crippen LogP contribution in [0, 0.1) is 0 Å². The Labute approximate surface area is 138 Å². The van der Waals surface area contributed by atoms with Gasteiger partial charge in [-0.3, -0.25) is 10.2 Å². The first-order chi connectivity index (χ1) is 10.6. The van der Waals surface area contributed by atoms with Crippen LogP contribution in [0.5, 0.6) is 0 Å². The lowest BCUT2D eigenvalue weighted by Crippen LogP contribution is -2.54. The Morgan fingerprint density at radius 2 is 1.73 bits per heavy atom. The molecule has 0 aromatic heterocycles. The molecule has 0 bridgehead atoms. The molecule has 1 saturated heterocycles. The summed E-state index contributed by atoms with van der Waals surface area (Å²) in [6.07, 6.45) is 0. The number of hydrogen-bond donors (Lipinski definition) is 2. The van der Waals surface area contributed by atoms with Gasteiger partial charge in [-0.1, -0.05) is 72.5 Å². The molecule has 2 N–H and O–H groups in total. The quantitative estimate of drug-likeness (QED) is 0.847. The molecule has 0 radical (unpaired) electrons. The molecule has 22 heavy (non-hydrogen) atoms. The number of thioether (sulfide) groups is 1. The Kier molecular flexibility index (Phi) is 4.15. The molecule has 1 amide bonds. The van der Waals surface area contributed by atoms with Crippen LogP contribution in [0.1, 0.15) is 15.9 Å². The molecule has 2 aromatic rings. The fraction of sp³-hybridized carbons (Fsp3) is 0.125. The predicted octanol–water partition coefficient (Wildman–Crippen LogP) is 2.51. The van der Waals surface area contributed by atoms with Crippen molar-refractivity contribution < 1.29 is 9.90 Å². The lowest BCUT2D eigenvalue weighted by Gasteiger charge is -2.34. The highest BCUT2D eigenvalue weighted by molar-refractivity contribution is 8.23. The van der Waals surface area contributed by atoms with Gasteiger partial charge < -0.3 is 5.11 Å². The number of nitrogens with zero attached hydrogens (tertiary/aromatic N) is 1. The van der Waals surface area contributed by atoms with Crippen molar-refractivity contribution in [3.05, 3.63) is 71.8 Å². The zero-order valence-electron chi connectivity index (χ0n) is 11.6. The molecule has 0 spiro atoms. The van der Waals surface area contributed by atoms with Crippen molar-refractivity contribution in [2.45, 2.75) is 5.72 Å². The van der Waals surface area contributed by atoms with E-state index in [4.69, 9.17) is 12.2 Å². The summed E-state index contributed by atoms with van der Waals surface area (Å²) < 4.78 is 0.440. The number of hydrogen-bond acceptors (Lipinski definition) is 4. The molecule has 6 heteroatoms. The number of aliphatic hydroxyl groups is 1. The second-order valence-corrected chi connectivity index (χ2v) is 6.49. The SMILES string of the molecule is O=C(NN1C(=S)SCC1(O)c1ccccc1)c1ccccc1. The molecule has 0 aliphatic carbocycles. The van der Waals surface area contributed by atoms with Crippen LogP contribution in [0.3, 0.4) is 0 Å². The summed E-state index contributed by atoms with van der Waals surface area (Å²) >= 11 is 6.61. The monoisotopic (exact) mass is 330 g/mol. The predicted molar refractivity (Wildman–Crippen MR) is 91.1 cm³/mol. The third-order valence-corrected chi connectivity index (χ3v) is 4.95. The Morgan fingerprint density at radius 3 is 2.36 bits per heavy atom. The van der Waals surface area contributed by atoms with Gasteiger partial charge in [-0.05, 0) is 12.1 Å². The fourth-order valence-corrected chi connectivity index (χ4v) is 3.57. The van der Waals surface area contributed by atoms with Crippen molar-refractivity contribution in [3.63, 3.8) is 0 Å². The molecule has 1 atom stereocenters. The molecule has 2 aromatic carbocycles. The van der Waals surface area contributed by atoms with E-state index in [0.29, 0.717) is 21.2 Å². The summed E-state index contributed by atoms with van der Waals surface area (Å²) in [5, 5.41) is 12.4. The smallest absolute Gasteiger partial charge is 0.269 e. The number of hydrazine groups is 1. The van der Waals surface area contributed by atoms with Crippen LogP contribution >= 0.6 is 24.0 Å². The number of carbonyl (C=O) groups is 1. The van der Waals surface area contributed by atoms with Gasteiger partial charge in [0.2, 0.25) is 0 Å². The first-order valence-corrected chi connectivity index (χ1v) is 8.11. The van der Waals surface area contributed by atoms with Crippen LogP contribution in [-0.2, 0) is 5.72 Å². The first-order valence-electron chi connectivity index (χ1n) is 6.72. The molecule has 1 aliphatic heterocycles. The Hall–Kier alpha value is -1.89. The topological polar surface area (TPSA) is 52.6 Å². The molecule has 1 aliphatic rings. The van der Waals surface area contributed by atoms with Gasteiger partial charge in [-0.15, -0.1) is 0 Å². The van der Waals surface area contributed by atoms with E-state index < -0.39 is 5.72 Å². The van der Waals surface area contributed by atoms with Gasteiger partial charge in [0, 0.05) is 11.1 Å². The minimum absolute atomic E-state index is 0.306. The largest absolute Gasteiger partial charge is 0.365 e. The van der Waals surface area contributed by atoms with E-state index in [9.17, 15) is 9.90 Å². The van der Waals surface area contributed by atoms with Crippen molar-refractivity contribution in [3.8, 4) is 0 Å². The van der Waals surface area contributed by atoms with Crippen molar-refractivity contribution in [2.24, 2.45) is 0 Å². The zero-order valence-corrected chi connectivity index (χ0v) is 13.2. The highest BCUT2D eigenvalue weighted by Crippen LogP contribution is 2.37. The van der Waals surface area contributed by atoms with Crippen molar-refractivity contribution in [1.82, 2.24) is 10.4 Å². The standard InChI is InChI=1S/C16H14N2O2S2/c19-14(12-7-3-1-4-8-12)17-18-15(21)22-11-16(18,20)13-9-5-2-6-10-13/h1-10,20H,11H2,(H,17,19). The van der Waals surface area contributed by atoms with Gasteiger partial charge in [0.15, 0.2) is 10.0 Å². The number of nitrogens with one attached hydrogen (secondary N) is 1. The second kappa shape index (κ2) is 6.08. The van der Waals surface area contributed by atoms with Gasteiger partial charge in [-0.25, -0.2) is 5.01 Å². The summed E-state index contributed by atoms with van der Waals surface area (Å²) in [5.74, 6) is 0.0603. The second-order valence-electron chi connectivity index (χ2n) is 4.88. The molecule has 0 saturated carbocycles. The van der Waals surface area contributed by atoms with Crippen LogP contribution in [0.15, 0.2) is 60.7 Å². The number of thiocarbonyl (C=S) groups is 1. The molecule has 1 heterocycles. The summed E-state index contributed by atoms with van der Waals surface area (Å²) in [7, 11) is 0. The molecule has 3 rings (SSSR count). The Bertz CT molecular complexity index is 694. The Balaban J connectivity index is 1.87. The van der Waals surface area contributed by atoms with Gasteiger partial charge in [0.25, 0.3) is 5.91 Å². The summed E-state index contributed by atoms with van der Waals surface area (Å²) in [5.41, 5.74) is 2.58. The number of carbonyl (C=O) groups excluding carboxylic acids is 1. The minimum Gasteiger partial charge on any atom is -0.365 e. The van der Waals surface area contributed by atoms with E-state index in [1.807, 2.05) is 36.4 Å². The summed E-state index contributed by atoms with van der Waals surface area (Å²) in [4.78, 5) is 12.3. The van der Waals surface area contributed by atoms with Crippen LogP contribution < -0.4 is 5.43 Å². The average Bonchev–Trinajstić information content (AvgIpc) is 2.86. The van der Waals surface area contributed by atoms with Crippen LogP contribution in [-0.4, -0.2) is 26.1 Å². The van der Waals surface area contributed by atoms with Crippen LogP contribution in [0.2, 0.25) is 0 Å². The van der Waals surface area contributed by atoms with E-state index >= 15 is 0 Å². The molecule has 112 valence electrons. The van der Waals surface area contributed by atoms with Gasteiger partial charge >= 0.3 is 0 Å². The lowest BCUT2D eigenvalue weighted by atomic mass is 10.0. The summed E-state index contributed by atoms with van der Waals surface area (Å²) in [6.45, 7) is 0. The zero-order chi connectivity index (χ0) is 15.6. The van der Waals surface area contributed by atoms with Crippen LogP contribution in [0.4, 0.5) is 0 Å². The van der Waals surface area contributed by atoms with Crippen LogP contribution in [0.25, 0.3) is 0 Å². The van der Waals surface area contributed by atoms with E-state index in [2.05, 4.69) is 5.43 Å². The average molecular weight is 330 g/mol. The Morgan fingerprint density at radius 1 is 1.14 bits per heavy atom. The summed E-state index contributed by atoms with van der Waals surface area (Å²) in [6, 6.07) is 18.0. The molecular formula is C16H14N2O2S2. The normalized spacial score (nSPS) is 21.0. The fourth-order valence-electron chi connectivity index (χ4n) is 2.25. The van der Waals surface area contributed by atoms with E-state index in [1.165, 1.54) is 16.8 Å². The molecule has 1 fully saturated rings. The maximum Gasteiger partial charge on any atom is 0.269 e. The maximum absolute atomic E-state index is 12.3. The first kappa shape index (κ1) is 15.0. The minimum atomic E-state index is -1.34. The third-order valence-electron chi connectivity index (χ3n) is 3.43. The highest BCUT2D eigenvalue weighted by Gasteiger charge is 2.45. The van der Waals surface area contributed by atoms with Crippen molar-refractivity contribution in [2.75, 3.05) is 5.75 Å². The number of benzene rings is 2. The van der Waals surface area contributed by atoms with E-state index in [-0.39, 0.29) is 5.91 Å². The molecular weight excluding hydrogens is 316 g/mol. The van der Waals surface area contributed by atoms with Crippen molar-refractivity contribution >= 4 is 34.2 Å². The highest BCUT2D eigenvalue weighted by atomic mass is 32.2. The van der Waals surface area contributed by atoms with Gasteiger partial charge in [-0.2, -0.15) is 0 Å². The number of rotatable bonds is 3. The van der Waals surface area contributed by atoms with Crippen molar-refractivity contribution in [1.29, 1.82) is 0 Å². The van der Waals surface area contributed by atoms with Gasteiger partial charge in [0.1, 0.15) is 0 Å². The van der Waals surface area contributed by atoms with Gasteiger partial charge in [0.05, 0.1) is 5.75 Å². The number of amides is 1. The van der Waals surface area contributed by atoms with E-state index in [1.54, 1.807) is 24.3 Å². The lowest BCUT2D eigenvalue weighted by molar-refractivity contribution is -0.0664. The third kappa shape index (κ3) is 2.72. The molecule has 1 unspecified atom stereocenters. The van der Waals surface area contributed by atoms with E-state index in [0.717, 1.165) is 0 Å².